The summed E-state index contributed by atoms with van der Waals surface area (Å²) < 4.78 is 0. The number of hydrogen-bond donors (Lipinski definition) is 1. The van der Waals surface area contributed by atoms with Crippen LogP contribution in [-0.4, -0.2) is 39.7 Å². The van der Waals surface area contributed by atoms with Gasteiger partial charge in [0.15, 0.2) is 10.9 Å². The largest absolute Gasteiger partial charge is 0.369 e. The molecule has 2 aliphatic heterocycles. The molecule has 1 unspecified atom stereocenters. The topological polar surface area (TPSA) is 35.8 Å². The minimum absolute atomic E-state index is 0.0884. The second-order valence-corrected chi connectivity index (χ2v) is 7.74. The summed E-state index contributed by atoms with van der Waals surface area (Å²) in [6, 6.07) is 20.8. The van der Waals surface area contributed by atoms with Crippen LogP contribution >= 0.6 is 11.8 Å². The molecule has 0 aliphatic carbocycles. The fraction of sp³-hybridized carbons (Fsp3) is 0.381. The van der Waals surface area contributed by atoms with Crippen molar-refractivity contribution in [3.8, 4) is 0 Å². The molecule has 2 aromatic carbocycles. The molecule has 3 nitrogen and oxygen atoms in total. The van der Waals surface area contributed by atoms with Crippen LogP contribution in [0.25, 0.3) is 0 Å². The van der Waals surface area contributed by atoms with Gasteiger partial charge in [0.1, 0.15) is 0 Å². The summed E-state index contributed by atoms with van der Waals surface area (Å²) in [5.74, 6) is 0.565. The lowest BCUT2D eigenvalue weighted by atomic mass is 9.82. The van der Waals surface area contributed by atoms with E-state index in [-0.39, 0.29) is 5.92 Å². The van der Waals surface area contributed by atoms with E-state index in [1.807, 2.05) is 12.1 Å². The number of benzene rings is 2. The van der Waals surface area contributed by atoms with Crippen LogP contribution in [0.5, 0.6) is 0 Å². The first-order valence-electron chi connectivity index (χ1n) is 9.06. The number of rotatable bonds is 3. The van der Waals surface area contributed by atoms with Crippen LogP contribution in [0.1, 0.15) is 36.3 Å². The first-order chi connectivity index (χ1) is 12.3. The highest BCUT2D eigenvalue weighted by Crippen LogP contribution is 2.45. The summed E-state index contributed by atoms with van der Waals surface area (Å²) in [7, 11) is 0. The van der Waals surface area contributed by atoms with Gasteiger partial charge in [0.2, 0.25) is 0 Å². The van der Waals surface area contributed by atoms with Crippen molar-refractivity contribution in [2.24, 2.45) is 4.99 Å². The molecule has 130 valence electrons. The molecule has 2 aliphatic rings. The Balaban J connectivity index is 1.80. The van der Waals surface area contributed by atoms with E-state index >= 15 is 0 Å². The summed E-state index contributed by atoms with van der Waals surface area (Å²) in [6.45, 7) is 1.74. The molecule has 0 saturated carbocycles. The highest BCUT2D eigenvalue weighted by atomic mass is 32.2. The maximum Gasteiger partial charge on any atom is 0.161 e. The smallest absolute Gasteiger partial charge is 0.161 e. The highest BCUT2D eigenvalue weighted by Gasteiger charge is 2.50. The first-order valence-corrected chi connectivity index (χ1v) is 10.0. The minimum Gasteiger partial charge on any atom is -0.369 e. The zero-order chi connectivity index (χ0) is 17.1. The summed E-state index contributed by atoms with van der Waals surface area (Å²) in [5, 5.41) is 12.9. The molecule has 1 saturated heterocycles. The Hall–Kier alpha value is -1.78. The van der Waals surface area contributed by atoms with E-state index in [2.05, 4.69) is 53.4 Å². The molecule has 25 heavy (non-hydrogen) atoms. The van der Waals surface area contributed by atoms with Gasteiger partial charge in [-0.1, -0.05) is 72.4 Å². The van der Waals surface area contributed by atoms with Crippen LogP contribution in [0, 0.1) is 0 Å². The minimum atomic E-state index is -0.941. The van der Waals surface area contributed by atoms with E-state index in [1.54, 1.807) is 11.8 Å². The average molecular weight is 353 g/mol. The SMILES string of the molecule is OC1(C(c2ccccc2)c2ccccc2)CSC2=NCCCCCN21. The van der Waals surface area contributed by atoms with Gasteiger partial charge in [-0.25, -0.2) is 0 Å². The lowest BCUT2D eigenvalue weighted by Gasteiger charge is -2.41. The van der Waals surface area contributed by atoms with Crippen molar-refractivity contribution in [1.29, 1.82) is 0 Å². The van der Waals surface area contributed by atoms with Gasteiger partial charge in [-0.3, -0.25) is 4.99 Å². The van der Waals surface area contributed by atoms with Crippen molar-refractivity contribution in [2.75, 3.05) is 18.8 Å². The predicted octanol–water partition coefficient (Wildman–Crippen LogP) is 4.10. The molecule has 2 aromatic rings. The molecule has 1 atom stereocenters. The van der Waals surface area contributed by atoms with E-state index in [1.165, 1.54) is 6.42 Å². The molecule has 0 radical (unpaired) electrons. The molecule has 4 rings (SSSR count). The van der Waals surface area contributed by atoms with Crippen molar-refractivity contribution < 1.29 is 5.11 Å². The lowest BCUT2D eigenvalue weighted by Crippen LogP contribution is -2.53. The van der Waals surface area contributed by atoms with Gasteiger partial charge in [-0.05, 0) is 30.4 Å². The molecular formula is C21H24N2OS. The van der Waals surface area contributed by atoms with Crippen LogP contribution in [0.4, 0.5) is 0 Å². The molecule has 4 heteroatoms. The Morgan fingerprint density at radius 2 is 1.56 bits per heavy atom. The fourth-order valence-electron chi connectivity index (χ4n) is 3.90. The van der Waals surface area contributed by atoms with Crippen LogP contribution in [0.3, 0.4) is 0 Å². The molecule has 0 bridgehead atoms. The standard InChI is InChI=1S/C21H24N2OS/c24-21(16-25-20-22-14-8-3-9-15-23(20)21)19(17-10-4-1-5-11-17)18-12-6-2-7-13-18/h1-2,4-7,10-13,19,24H,3,8-9,14-16H2. The quantitative estimate of drug-likeness (QED) is 0.903. The fourth-order valence-corrected chi connectivity index (χ4v) is 5.15. The van der Waals surface area contributed by atoms with Crippen molar-refractivity contribution in [3.05, 3.63) is 71.8 Å². The van der Waals surface area contributed by atoms with Crippen molar-refractivity contribution in [2.45, 2.75) is 30.9 Å². The molecule has 0 amide bonds. The van der Waals surface area contributed by atoms with Crippen molar-refractivity contribution in [1.82, 2.24) is 4.90 Å². The van der Waals surface area contributed by atoms with Gasteiger partial charge in [0, 0.05) is 18.8 Å². The first kappa shape index (κ1) is 16.7. The second kappa shape index (κ2) is 7.22. The number of amidine groups is 1. The Kier molecular flexibility index (Phi) is 4.82. The van der Waals surface area contributed by atoms with E-state index in [9.17, 15) is 5.11 Å². The van der Waals surface area contributed by atoms with Crippen molar-refractivity contribution >= 4 is 16.9 Å². The number of thioether (sulfide) groups is 1. The van der Waals surface area contributed by atoms with Crippen LogP contribution in [0.15, 0.2) is 65.7 Å². The third kappa shape index (κ3) is 3.21. The lowest BCUT2D eigenvalue weighted by molar-refractivity contribution is -0.0564. The normalized spacial score (nSPS) is 23.8. The van der Waals surface area contributed by atoms with Crippen LogP contribution < -0.4 is 0 Å². The summed E-state index contributed by atoms with van der Waals surface area (Å²) in [4.78, 5) is 6.92. The third-order valence-electron chi connectivity index (χ3n) is 5.13. The Bertz CT molecular complexity index is 695. The van der Waals surface area contributed by atoms with Gasteiger partial charge in [0.05, 0.1) is 5.92 Å². The van der Waals surface area contributed by atoms with E-state index in [0.717, 1.165) is 42.2 Å². The zero-order valence-corrected chi connectivity index (χ0v) is 15.2. The molecule has 0 spiro atoms. The Morgan fingerprint density at radius 3 is 2.20 bits per heavy atom. The van der Waals surface area contributed by atoms with E-state index in [0.29, 0.717) is 5.75 Å². The zero-order valence-electron chi connectivity index (χ0n) is 14.3. The molecular weight excluding hydrogens is 328 g/mol. The maximum atomic E-state index is 11.9. The van der Waals surface area contributed by atoms with Gasteiger partial charge in [-0.2, -0.15) is 0 Å². The van der Waals surface area contributed by atoms with Gasteiger partial charge >= 0.3 is 0 Å². The summed E-state index contributed by atoms with van der Waals surface area (Å²) >= 11 is 1.70. The summed E-state index contributed by atoms with van der Waals surface area (Å²) in [6.07, 6.45) is 3.44. The molecule has 1 fully saturated rings. The predicted molar refractivity (Wildman–Crippen MR) is 105 cm³/mol. The number of aliphatic imine (C=N–C) groups is 1. The molecule has 1 N–H and O–H groups in total. The number of fused-ring (bicyclic) bond motifs is 1. The Morgan fingerprint density at radius 1 is 0.920 bits per heavy atom. The van der Waals surface area contributed by atoms with Crippen LogP contribution in [0.2, 0.25) is 0 Å². The van der Waals surface area contributed by atoms with Gasteiger partial charge < -0.3 is 10.0 Å². The summed E-state index contributed by atoms with van der Waals surface area (Å²) in [5.41, 5.74) is 1.36. The highest BCUT2D eigenvalue weighted by molar-refractivity contribution is 8.14. The second-order valence-electron chi connectivity index (χ2n) is 6.80. The van der Waals surface area contributed by atoms with Gasteiger partial charge in [-0.15, -0.1) is 0 Å². The molecule has 0 aromatic heterocycles. The number of nitrogens with zero attached hydrogens (tertiary/aromatic N) is 2. The average Bonchev–Trinajstić information content (AvgIpc) is 2.92. The maximum absolute atomic E-state index is 11.9. The Labute approximate surface area is 153 Å². The van der Waals surface area contributed by atoms with Gasteiger partial charge in [0.25, 0.3) is 0 Å². The van der Waals surface area contributed by atoms with Crippen molar-refractivity contribution in [3.63, 3.8) is 0 Å². The van der Waals surface area contributed by atoms with Crippen LogP contribution in [-0.2, 0) is 0 Å². The number of hydrogen-bond acceptors (Lipinski definition) is 4. The monoisotopic (exact) mass is 352 g/mol. The number of aliphatic hydroxyl groups is 1. The third-order valence-corrected chi connectivity index (χ3v) is 6.30. The van der Waals surface area contributed by atoms with E-state index < -0.39 is 5.72 Å². The molecule has 2 heterocycles. The van der Waals surface area contributed by atoms with E-state index in [4.69, 9.17) is 4.99 Å².